The number of carbonyl (C=O) groups excluding carboxylic acids is 1. The molecule has 3 fully saturated rings. The largest absolute Gasteiger partial charge is 0.394 e. The van der Waals surface area contributed by atoms with Crippen molar-refractivity contribution in [3.63, 3.8) is 0 Å². The average Bonchev–Trinajstić information content (AvgIpc) is 0.782. The number of amides is 1. The van der Waals surface area contributed by atoms with Gasteiger partial charge in [0.25, 0.3) is 0 Å². The van der Waals surface area contributed by atoms with Gasteiger partial charge >= 0.3 is 0 Å². The predicted octanol–water partition coefficient (Wildman–Crippen LogP) is 17.2. The second-order valence-electron chi connectivity index (χ2n) is 31.7. The highest BCUT2D eigenvalue weighted by Gasteiger charge is 2.54. The van der Waals surface area contributed by atoms with Gasteiger partial charge in [0.1, 0.15) is 73.2 Å². The molecule has 3 rings (SSSR count). The molecule has 0 bridgehead atoms. The number of unbranched alkanes of at least 4 members (excludes halogenated alkanes) is 40. The minimum atomic E-state index is -1.99. The summed E-state index contributed by atoms with van der Waals surface area (Å²) in [4.78, 5) is 13.5. The van der Waals surface area contributed by atoms with E-state index < -0.39 is 124 Å². The minimum Gasteiger partial charge on any atom is -0.394 e. The van der Waals surface area contributed by atoms with Crippen LogP contribution in [-0.2, 0) is 33.2 Å². The molecule has 648 valence electrons. The van der Waals surface area contributed by atoms with Crippen LogP contribution in [0.1, 0.15) is 341 Å². The lowest BCUT2D eigenvalue weighted by atomic mass is 9.96. The summed E-state index contributed by atoms with van der Waals surface area (Å²) in [5.74, 6) is -0.287. The predicted molar refractivity (Wildman–Crippen MR) is 452 cm³/mol. The van der Waals surface area contributed by atoms with E-state index in [9.17, 15) is 61.0 Å². The molecule has 0 aromatic rings. The Morgan fingerprint density at radius 1 is 0.330 bits per heavy atom. The van der Waals surface area contributed by atoms with Crippen molar-refractivity contribution in [3.05, 3.63) is 109 Å². The van der Waals surface area contributed by atoms with Gasteiger partial charge < -0.3 is 89.9 Å². The molecule has 3 aliphatic heterocycles. The van der Waals surface area contributed by atoms with Crippen LogP contribution < -0.4 is 5.32 Å². The topological polar surface area (TPSA) is 307 Å². The summed E-state index contributed by atoms with van der Waals surface area (Å²) >= 11 is 0. The Morgan fingerprint density at radius 3 is 1.00 bits per heavy atom. The summed E-state index contributed by atoms with van der Waals surface area (Å²) in [6, 6.07) is -1.000. The Morgan fingerprint density at radius 2 is 0.625 bits per heavy atom. The maximum absolute atomic E-state index is 13.5. The molecule has 0 aliphatic carbocycles. The van der Waals surface area contributed by atoms with Crippen molar-refractivity contribution < 1.29 is 89.4 Å². The lowest BCUT2D eigenvalue weighted by molar-refractivity contribution is -0.379. The fourth-order valence-electron chi connectivity index (χ4n) is 14.7. The first-order valence-corrected chi connectivity index (χ1v) is 45.1. The van der Waals surface area contributed by atoms with Crippen molar-refractivity contribution in [2.45, 2.75) is 446 Å². The molecule has 0 radical (unpaired) electrons. The van der Waals surface area contributed by atoms with Crippen LogP contribution in [0.25, 0.3) is 0 Å². The zero-order chi connectivity index (χ0) is 81.0. The van der Waals surface area contributed by atoms with Crippen molar-refractivity contribution in [2.24, 2.45) is 0 Å². The van der Waals surface area contributed by atoms with Crippen LogP contribution in [-0.4, -0.2) is 193 Å². The van der Waals surface area contributed by atoms with Gasteiger partial charge in [0.15, 0.2) is 18.9 Å². The van der Waals surface area contributed by atoms with Crippen LogP contribution in [0, 0.1) is 0 Å². The number of nitrogens with one attached hydrogen (secondary N) is 1. The maximum atomic E-state index is 13.5. The smallest absolute Gasteiger partial charge is 0.220 e. The molecular weight excluding hydrogens is 1420 g/mol. The number of ether oxygens (including phenoxy) is 6. The summed E-state index contributed by atoms with van der Waals surface area (Å²) in [5.41, 5.74) is 0. The molecule has 17 atom stereocenters. The lowest BCUT2D eigenvalue weighted by Crippen LogP contribution is -2.66. The van der Waals surface area contributed by atoms with Crippen molar-refractivity contribution in [1.82, 2.24) is 5.32 Å². The Hall–Kier alpha value is -3.55. The molecule has 19 nitrogen and oxygen atoms in total. The zero-order valence-electron chi connectivity index (χ0n) is 69.9. The molecule has 17 unspecified atom stereocenters. The molecule has 112 heavy (non-hydrogen) atoms. The Bertz CT molecular complexity index is 2450. The van der Waals surface area contributed by atoms with E-state index in [1.807, 2.05) is 6.08 Å². The number of allylic oxidation sites excluding steroid dienone is 17. The van der Waals surface area contributed by atoms with Crippen LogP contribution in [0.15, 0.2) is 109 Å². The third-order valence-corrected chi connectivity index (χ3v) is 21.8. The molecule has 0 spiro atoms. The molecule has 19 heteroatoms. The van der Waals surface area contributed by atoms with E-state index >= 15 is 0 Å². The SMILES string of the molecule is CC/C=C\C/C=C\C/C=C\C/C=C\C/C=C\C/C=C\C/C=C\CCCCCCCCCCCCCCCC(=O)NC(COC1OC(CO)C(OC2OC(CO)C(OC3OC(CO)C(O)C(O)C3O)C(O)C2O)C(O)C1O)C(O)/C=C/CC/C=C/CCCCCCCCCCCCCCCCCCCCCCCCCCCC. The van der Waals surface area contributed by atoms with Crippen LogP contribution in [0.3, 0.4) is 0 Å². The third kappa shape index (κ3) is 49.6. The van der Waals surface area contributed by atoms with E-state index in [1.165, 1.54) is 212 Å². The number of aliphatic hydroxyl groups is 11. The lowest BCUT2D eigenvalue weighted by Gasteiger charge is -2.48. The van der Waals surface area contributed by atoms with Crippen LogP contribution in [0.5, 0.6) is 0 Å². The molecule has 3 aliphatic rings. The molecule has 3 saturated heterocycles. The number of hydrogen-bond donors (Lipinski definition) is 12. The van der Waals surface area contributed by atoms with E-state index in [0.717, 1.165) is 96.3 Å². The summed E-state index contributed by atoms with van der Waals surface area (Å²) in [7, 11) is 0. The Labute approximate surface area is 678 Å². The maximum Gasteiger partial charge on any atom is 0.220 e. The highest BCUT2D eigenvalue weighted by molar-refractivity contribution is 5.76. The summed E-state index contributed by atoms with van der Waals surface area (Å²) < 4.78 is 34.5. The first kappa shape index (κ1) is 103. The van der Waals surface area contributed by atoms with E-state index in [4.69, 9.17) is 28.4 Å². The van der Waals surface area contributed by atoms with E-state index in [2.05, 4.69) is 116 Å². The van der Waals surface area contributed by atoms with Gasteiger partial charge in [0.2, 0.25) is 5.91 Å². The monoisotopic (exact) mass is 1580 g/mol. The highest BCUT2D eigenvalue weighted by Crippen LogP contribution is 2.33. The van der Waals surface area contributed by atoms with Gasteiger partial charge in [-0.3, -0.25) is 4.79 Å². The quantitative estimate of drug-likeness (QED) is 0.0199. The van der Waals surface area contributed by atoms with Crippen molar-refractivity contribution in [3.8, 4) is 0 Å². The van der Waals surface area contributed by atoms with E-state index in [1.54, 1.807) is 6.08 Å². The molecule has 0 aromatic carbocycles. The van der Waals surface area contributed by atoms with Crippen LogP contribution >= 0.6 is 0 Å². The first-order valence-electron chi connectivity index (χ1n) is 45.1. The zero-order valence-corrected chi connectivity index (χ0v) is 69.9. The third-order valence-electron chi connectivity index (χ3n) is 21.8. The normalized spacial score (nSPS) is 25.5. The Balaban J connectivity index is 1.34. The van der Waals surface area contributed by atoms with E-state index in [-0.39, 0.29) is 18.9 Å². The van der Waals surface area contributed by atoms with Gasteiger partial charge in [-0.25, -0.2) is 0 Å². The van der Waals surface area contributed by atoms with Gasteiger partial charge in [-0.1, -0.05) is 354 Å². The Kier molecular flexibility index (Phi) is 65.6. The van der Waals surface area contributed by atoms with Gasteiger partial charge in [-0.05, 0) is 89.9 Å². The molecular formula is C93H163NO18. The van der Waals surface area contributed by atoms with Gasteiger partial charge in [-0.2, -0.15) is 0 Å². The van der Waals surface area contributed by atoms with E-state index in [0.29, 0.717) is 12.8 Å². The van der Waals surface area contributed by atoms with Crippen LogP contribution in [0.2, 0.25) is 0 Å². The molecule has 3 heterocycles. The number of rotatable bonds is 72. The standard InChI is InChI=1S/C93H163NO18/c1-3-5-7-9-11-13-15-17-19-21-23-25-27-29-31-33-35-37-38-39-41-43-45-47-49-51-53-55-57-59-61-63-65-67-69-71-81(99)94-76(77(98)70-68-66-64-62-60-58-56-54-52-50-48-46-44-42-40-36-34-32-30-28-26-24-22-20-18-16-14-12-10-8-6-4-2)75-107-91-87(105)84(102)89(79(73-96)109-91)112-93-88(106)85(103)90(80(74-97)110-93)111-92-86(104)83(101)82(100)78(72-95)108-92/h5,7,11,13,17,19,23,25,29,31,35,37,39,41,60,62,68,70,76-80,82-93,95-98,100-106H,3-4,6,8-10,12,14-16,18,20-22,24,26-28,30,32-34,36,38,40,42-59,61,63-67,69,71-75H2,1-2H3,(H,94,99)/b7-5-,13-11-,19-17-,25-23-,31-29-,37-35-,41-39-,62-60+,70-68+. The van der Waals surface area contributed by atoms with Crippen molar-refractivity contribution in [1.29, 1.82) is 0 Å². The summed E-state index contributed by atoms with van der Waals surface area (Å²) in [6.07, 6.45) is 73.8. The first-order chi connectivity index (χ1) is 54.8. The highest BCUT2D eigenvalue weighted by atomic mass is 16.8. The van der Waals surface area contributed by atoms with Gasteiger partial charge in [-0.15, -0.1) is 0 Å². The van der Waals surface area contributed by atoms with Gasteiger partial charge in [0, 0.05) is 6.42 Å². The fraction of sp³-hybridized carbons (Fsp3) is 0.796. The summed E-state index contributed by atoms with van der Waals surface area (Å²) in [6.45, 7) is 1.64. The second kappa shape index (κ2) is 71.5. The number of carbonyl (C=O) groups is 1. The second-order valence-corrected chi connectivity index (χ2v) is 31.7. The molecule has 12 N–H and O–H groups in total. The molecule has 0 saturated carbocycles. The van der Waals surface area contributed by atoms with Crippen molar-refractivity contribution in [2.75, 3.05) is 26.4 Å². The minimum absolute atomic E-state index is 0.229. The number of aliphatic hydroxyl groups excluding tert-OH is 11. The van der Waals surface area contributed by atoms with Crippen LogP contribution in [0.4, 0.5) is 0 Å². The van der Waals surface area contributed by atoms with Gasteiger partial charge in [0.05, 0.1) is 38.6 Å². The number of hydrogen-bond acceptors (Lipinski definition) is 18. The average molecular weight is 1580 g/mol. The summed E-state index contributed by atoms with van der Waals surface area (Å²) in [5, 5.41) is 121. The molecule has 0 aromatic heterocycles. The van der Waals surface area contributed by atoms with Crippen molar-refractivity contribution >= 4 is 5.91 Å². The molecule has 1 amide bonds. The fourth-order valence-corrected chi connectivity index (χ4v) is 14.7.